The quantitative estimate of drug-likeness (QED) is 0.721. The largest absolute Gasteiger partial charge is 0.497 e. The number of methoxy groups -OCH3 is 1. The van der Waals surface area contributed by atoms with Gasteiger partial charge in [0.25, 0.3) is 0 Å². The SMILES string of the molecule is COc1ccc(-c2ccc(-c3cccc(C)n3)nc2)cc1. The third kappa shape index (κ3) is 2.92. The van der Waals surface area contributed by atoms with E-state index in [1.54, 1.807) is 7.11 Å². The van der Waals surface area contributed by atoms with Crippen LogP contribution in [0.1, 0.15) is 5.69 Å². The fourth-order valence-electron chi connectivity index (χ4n) is 2.19. The molecule has 0 spiro atoms. The van der Waals surface area contributed by atoms with Crippen LogP contribution in [0.4, 0.5) is 0 Å². The smallest absolute Gasteiger partial charge is 0.118 e. The first-order valence-corrected chi connectivity index (χ1v) is 6.81. The zero-order valence-electron chi connectivity index (χ0n) is 12.1. The molecule has 1 aromatic carbocycles. The van der Waals surface area contributed by atoms with Crippen molar-refractivity contribution in [3.63, 3.8) is 0 Å². The Bertz CT molecular complexity index is 734. The highest BCUT2D eigenvalue weighted by molar-refractivity contribution is 5.66. The van der Waals surface area contributed by atoms with Gasteiger partial charge in [0.05, 0.1) is 18.5 Å². The van der Waals surface area contributed by atoms with Crippen LogP contribution in [-0.4, -0.2) is 17.1 Å². The second-order valence-electron chi connectivity index (χ2n) is 4.82. The van der Waals surface area contributed by atoms with Gasteiger partial charge in [-0.3, -0.25) is 9.97 Å². The van der Waals surface area contributed by atoms with E-state index in [9.17, 15) is 0 Å². The maximum Gasteiger partial charge on any atom is 0.118 e. The lowest BCUT2D eigenvalue weighted by atomic mass is 10.1. The van der Waals surface area contributed by atoms with Crippen LogP contribution in [0, 0.1) is 6.92 Å². The molecule has 0 saturated carbocycles. The van der Waals surface area contributed by atoms with Crippen LogP contribution < -0.4 is 4.74 Å². The van der Waals surface area contributed by atoms with E-state index in [1.165, 1.54) is 0 Å². The predicted octanol–water partition coefficient (Wildman–Crippen LogP) is 4.13. The molecule has 2 heterocycles. The lowest BCUT2D eigenvalue weighted by Crippen LogP contribution is -1.90. The maximum absolute atomic E-state index is 5.17. The van der Waals surface area contributed by atoms with E-state index in [1.807, 2.05) is 61.7 Å². The number of aromatic nitrogens is 2. The van der Waals surface area contributed by atoms with Crippen LogP contribution in [0.15, 0.2) is 60.8 Å². The summed E-state index contributed by atoms with van der Waals surface area (Å²) < 4.78 is 5.17. The van der Waals surface area contributed by atoms with Gasteiger partial charge in [-0.2, -0.15) is 0 Å². The van der Waals surface area contributed by atoms with Gasteiger partial charge in [0, 0.05) is 17.5 Å². The Morgan fingerprint density at radius 2 is 1.57 bits per heavy atom. The summed E-state index contributed by atoms with van der Waals surface area (Å²) >= 11 is 0. The predicted molar refractivity (Wildman–Crippen MR) is 84.2 cm³/mol. The normalized spacial score (nSPS) is 10.4. The summed E-state index contributed by atoms with van der Waals surface area (Å²) in [6, 6.07) is 18.0. The maximum atomic E-state index is 5.17. The molecule has 0 aliphatic heterocycles. The zero-order valence-corrected chi connectivity index (χ0v) is 12.1. The molecular weight excluding hydrogens is 260 g/mol. The molecule has 21 heavy (non-hydrogen) atoms. The van der Waals surface area contributed by atoms with E-state index in [0.29, 0.717) is 0 Å². The minimum atomic E-state index is 0.854. The second kappa shape index (κ2) is 5.75. The molecule has 3 rings (SSSR count). The Balaban J connectivity index is 1.89. The monoisotopic (exact) mass is 276 g/mol. The van der Waals surface area contributed by atoms with Gasteiger partial charge in [0.1, 0.15) is 5.75 Å². The standard InChI is InChI=1S/C18H16N2O/c1-13-4-3-5-18(20-13)17-11-8-15(12-19-17)14-6-9-16(21-2)10-7-14/h3-12H,1-2H3. The Morgan fingerprint density at radius 3 is 2.19 bits per heavy atom. The fourth-order valence-corrected chi connectivity index (χ4v) is 2.19. The number of aryl methyl sites for hydroxylation is 1. The van der Waals surface area contributed by atoms with Crippen molar-refractivity contribution < 1.29 is 4.74 Å². The lowest BCUT2D eigenvalue weighted by Gasteiger charge is -2.05. The van der Waals surface area contributed by atoms with Crippen LogP contribution in [0.3, 0.4) is 0 Å². The lowest BCUT2D eigenvalue weighted by molar-refractivity contribution is 0.415. The first kappa shape index (κ1) is 13.3. The van der Waals surface area contributed by atoms with Crippen molar-refractivity contribution in [2.24, 2.45) is 0 Å². The first-order chi connectivity index (χ1) is 10.3. The van der Waals surface area contributed by atoms with Crippen LogP contribution in [0.25, 0.3) is 22.5 Å². The van der Waals surface area contributed by atoms with Crippen molar-refractivity contribution in [3.05, 3.63) is 66.5 Å². The fraction of sp³-hybridized carbons (Fsp3) is 0.111. The molecular formula is C18H16N2O. The van der Waals surface area contributed by atoms with Gasteiger partial charge in [-0.1, -0.05) is 24.3 Å². The molecule has 0 aliphatic carbocycles. The Hall–Kier alpha value is -2.68. The van der Waals surface area contributed by atoms with E-state index in [0.717, 1.165) is 34.0 Å². The van der Waals surface area contributed by atoms with E-state index in [2.05, 4.69) is 16.0 Å². The van der Waals surface area contributed by atoms with Crippen molar-refractivity contribution in [1.29, 1.82) is 0 Å². The van der Waals surface area contributed by atoms with Crippen molar-refractivity contribution in [2.45, 2.75) is 6.92 Å². The molecule has 2 aromatic heterocycles. The summed E-state index contributed by atoms with van der Waals surface area (Å²) in [5.74, 6) is 0.854. The van der Waals surface area contributed by atoms with Crippen LogP contribution in [0.5, 0.6) is 5.75 Å². The van der Waals surface area contributed by atoms with E-state index < -0.39 is 0 Å². The summed E-state index contributed by atoms with van der Waals surface area (Å²) in [4.78, 5) is 9.00. The second-order valence-corrected chi connectivity index (χ2v) is 4.82. The van der Waals surface area contributed by atoms with Crippen molar-refractivity contribution in [1.82, 2.24) is 9.97 Å². The Kier molecular flexibility index (Phi) is 3.65. The minimum absolute atomic E-state index is 0.854. The number of nitrogens with zero attached hydrogens (tertiary/aromatic N) is 2. The summed E-state index contributed by atoms with van der Waals surface area (Å²) in [5.41, 5.74) is 4.97. The third-order valence-electron chi connectivity index (χ3n) is 3.34. The van der Waals surface area contributed by atoms with Crippen molar-refractivity contribution >= 4 is 0 Å². The highest BCUT2D eigenvalue weighted by atomic mass is 16.5. The molecule has 0 radical (unpaired) electrons. The van der Waals surface area contributed by atoms with Crippen molar-refractivity contribution in [3.8, 4) is 28.3 Å². The number of benzene rings is 1. The van der Waals surface area contributed by atoms with Gasteiger partial charge in [0.2, 0.25) is 0 Å². The molecule has 0 aliphatic rings. The van der Waals surface area contributed by atoms with E-state index in [-0.39, 0.29) is 0 Å². The Morgan fingerprint density at radius 1 is 0.810 bits per heavy atom. The molecule has 3 heteroatoms. The Labute approximate surface area is 124 Å². The highest BCUT2D eigenvalue weighted by Gasteiger charge is 2.03. The van der Waals surface area contributed by atoms with Gasteiger partial charge < -0.3 is 4.74 Å². The van der Waals surface area contributed by atoms with Crippen LogP contribution in [-0.2, 0) is 0 Å². The van der Waals surface area contributed by atoms with Crippen LogP contribution >= 0.6 is 0 Å². The number of rotatable bonds is 3. The topological polar surface area (TPSA) is 35.0 Å². The van der Waals surface area contributed by atoms with Gasteiger partial charge in [-0.15, -0.1) is 0 Å². The average Bonchev–Trinajstić information content (AvgIpc) is 2.55. The summed E-state index contributed by atoms with van der Waals surface area (Å²) in [6.45, 7) is 1.98. The number of hydrogen-bond acceptors (Lipinski definition) is 3. The molecule has 3 aromatic rings. The van der Waals surface area contributed by atoms with Crippen molar-refractivity contribution in [2.75, 3.05) is 7.11 Å². The molecule has 3 nitrogen and oxygen atoms in total. The van der Waals surface area contributed by atoms with E-state index in [4.69, 9.17) is 4.74 Å². The molecule has 0 amide bonds. The van der Waals surface area contributed by atoms with E-state index >= 15 is 0 Å². The van der Waals surface area contributed by atoms with Gasteiger partial charge in [-0.25, -0.2) is 0 Å². The molecule has 104 valence electrons. The summed E-state index contributed by atoms with van der Waals surface area (Å²) in [7, 11) is 1.67. The molecule has 0 saturated heterocycles. The molecule has 0 fully saturated rings. The number of ether oxygens (including phenoxy) is 1. The minimum Gasteiger partial charge on any atom is -0.497 e. The van der Waals surface area contributed by atoms with Gasteiger partial charge in [0.15, 0.2) is 0 Å². The average molecular weight is 276 g/mol. The number of pyridine rings is 2. The van der Waals surface area contributed by atoms with Crippen LogP contribution in [0.2, 0.25) is 0 Å². The zero-order chi connectivity index (χ0) is 14.7. The van der Waals surface area contributed by atoms with Gasteiger partial charge in [-0.05, 0) is 42.8 Å². The molecule has 0 atom stereocenters. The summed E-state index contributed by atoms with van der Waals surface area (Å²) in [6.07, 6.45) is 1.88. The molecule has 0 bridgehead atoms. The first-order valence-electron chi connectivity index (χ1n) is 6.81. The number of hydrogen-bond donors (Lipinski definition) is 0. The third-order valence-corrected chi connectivity index (χ3v) is 3.34. The highest BCUT2D eigenvalue weighted by Crippen LogP contribution is 2.23. The summed E-state index contributed by atoms with van der Waals surface area (Å²) in [5, 5.41) is 0. The molecule has 0 unspecified atom stereocenters. The molecule has 0 N–H and O–H groups in total. The van der Waals surface area contributed by atoms with Gasteiger partial charge >= 0.3 is 0 Å².